The molecule has 5 N–H and O–H groups in total. The van der Waals surface area contributed by atoms with E-state index in [1.165, 1.54) is 0 Å². The molecule has 1 rings (SSSR count). The summed E-state index contributed by atoms with van der Waals surface area (Å²) in [7, 11) is 0. The molecule has 0 fully saturated rings. The van der Waals surface area contributed by atoms with Gasteiger partial charge >= 0.3 is 12.0 Å². The number of hydrogen-bond donors (Lipinski definition) is 5. The number of aliphatic carboxylic acids is 1. The molecular weight excluding hydrogens is 228 g/mol. The summed E-state index contributed by atoms with van der Waals surface area (Å²) in [6, 6.07) is -1.70. The Morgan fingerprint density at radius 1 is 1.53 bits per heavy atom. The summed E-state index contributed by atoms with van der Waals surface area (Å²) in [5.41, 5.74) is 0.772. The second-order valence-electron chi connectivity index (χ2n) is 3.34. The lowest BCUT2D eigenvalue weighted by atomic mass is 10.2. The standard InChI is InChI=1S/C9H14N4O4/c14-2-1-7(8(15)16)13-9(17)10-3-6-4-11-12-5-6/h4-5,7,14H,1-3H2,(H,11,12)(H,15,16)(H2,10,13,17). The van der Waals surface area contributed by atoms with E-state index in [-0.39, 0.29) is 19.6 Å². The molecular formula is C9H14N4O4. The molecule has 17 heavy (non-hydrogen) atoms. The monoisotopic (exact) mass is 242 g/mol. The second kappa shape index (κ2) is 6.48. The number of nitrogens with one attached hydrogen (secondary N) is 3. The lowest BCUT2D eigenvalue weighted by Gasteiger charge is -2.13. The number of aromatic nitrogens is 2. The SMILES string of the molecule is O=C(NCc1cn[nH]c1)NC(CCO)C(=O)O. The third-order valence-electron chi connectivity index (χ3n) is 2.03. The van der Waals surface area contributed by atoms with Gasteiger partial charge in [-0.3, -0.25) is 5.10 Å². The van der Waals surface area contributed by atoms with Crippen molar-refractivity contribution in [1.82, 2.24) is 20.8 Å². The number of carboxylic acids is 1. The van der Waals surface area contributed by atoms with Gasteiger partial charge in [0.15, 0.2) is 0 Å². The van der Waals surface area contributed by atoms with Gasteiger partial charge < -0.3 is 20.8 Å². The van der Waals surface area contributed by atoms with Gasteiger partial charge in [-0.1, -0.05) is 0 Å². The topological polar surface area (TPSA) is 127 Å². The number of carbonyl (C=O) groups is 2. The molecule has 1 aromatic rings. The van der Waals surface area contributed by atoms with Crippen LogP contribution in [0.5, 0.6) is 0 Å². The molecule has 0 aromatic carbocycles. The van der Waals surface area contributed by atoms with E-state index in [2.05, 4.69) is 20.8 Å². The van der Waals surface area contributed by atoms with Gasteiger partial charge in [-0.15, -0.1) is 0 Å². The lowest BCUT2D eigenvalue weighted by molar-refractivity contribution is -0.139. The number of rotatable bonds is 6. The summed E-state index contributed by atoms with van der Waals surface area (Å²) < 4.78 is 0. The fraction of sp³-hybridized carbons (Fsp3) is 0.444. The van der Waals surface area contributed by atoms with Gasteiger partial charge in [0.25, 0.3) is 0 Å². The normalized spacial score (nSPS) is 11.8. The maximum absolute atomic E-state index is 11.3. The Bertz CT molecular complexity index is 365. The number of carboxylic acid groups (broad SMARTS) is 1. The molecule has 8 nitrogen and oxygen atoms in total. The summed E-state index contributed by atoms with van der Waals surface area (Å²) in [6.07, 6.45) is 3.12. The van der Waals surface area contributed by atoms with Crippen molar-refractivity contribution in [1.29, 1.82) is 0 Å². The van der Waals surface area contributed by atoms with Crippen LogP contribution in [0.3, 0.4) is 0 Å². The summed E-state index contributed by atoms with van der Waals surface area (Å²) in [4.78, 5) is 22.0. The minimum Gasteiger partial charge on any atom is -0.480 e. The van der Waals surface area contributed by atoms with Crippen LogP contribution in [0.1, 0.15) is 12.0 Å². The quantitative estimate of drug-likeness (QED) is 0.439. The Morgan fingerprint density at radius 3 is 2.82 bits per heavy atom. The number of aliphatic hydroxyl groups is 1. The van der Waals surface area contributed by atoms with E-state index < -0.39 is 18.0 Å². The van der Waals surface area contributed by atoms with Gasteiger partial charge in [-0.2, -0.15) is 5.10 Å². The zero-order valence-electron chi connectivity index (χ0n) is 9.01. The van der Waals surface area contributed by atoms with Crippen molar-refractivity contribution in [2.75, 3.05) is 6.61 Å². The zero-order chi connectivity index (χ0) is 12.7. The van der Waals surface area contributed by atoms with Crippen LogP contribution >= 0.6 is 0 Å². The highest BCUT2D eigenvalue weighted by Crippen LogP contribution is 1.94. The fourth-order valence-electron chi connectivity index (χ4n) is 1.15. The minimum atomic E-state index is -1.18. The molecule has 0 radical (unpaired) electrons. The summed E-state index contributed by atoms with van der Waals surface area (Å²) in [5, 5.41) is 28.4. The van der Waals surface area contributed by atoms with E-state index in [1.54, 1.807) is 12.4 Å². The predicted octanol–water partition coefficient (Wildman–Crippen LogP) is -0.955. The number of H-pyrrole nitrogens is 1. The van der Waals surface area contributed by atoms with Crippen molar-refractivity contribution in [3.63, 3.8) is 0 Å². The predicted molar refractivity (Wildman–Crippen MR) is 57.1 cm³/mol. The summed E-state index contributed by atoms with van der Waals surface area (Å²) in [5.74, 6) is -1.18. The van der Waals surface area contributed by atoms with Crippen LogP contribution in [0.25, 0.3) is 0 Å². The van der Waals surface area contributed by atoms with E-state index in [4.69, 9.17) is 10.2 Å². The highest BCUT2D eigenvalue weighted by atomic mass is 16.4. The molecule has 1 aromatic heterocycles. The van der Waals surface area contributed by atoms with Crippen LogP contribution in [0.2, 0.25) is 0 Å². The first-order chi connectivity index (χ1) is 8.13. The molecule has 8 heteroatoms. The maximum Gasteiger partial charge on any atom is 0.326 e. The van der Waals surface area contributed by atoms with Crippen molar-refractivity contribution < 1.29 is 19.8 Å². The maximum atomic E-state index is 11.3. The first-order valence-corrected chi connectivity index (χ1v) is 4.99. The van der Waals surface area contributed by atoms with Crippen LogP contribution in [0.15, 0.2) is 12.4 Å². The van der Waals surface area contributed by atoms with Crippen molar-refractivity contribution in [2.24, 2.45) is 0 Å². The number of carbonyl (C=O) groups excluding carboxylic acids is 1. The summed E-state index contributed by atoms with van der Waals surface area (Å²) in [6.45, 7) is -0.0627. The van der Waals surface area contributed by atoms with Gasteiger partial charge in [-0.25, -0.2) is 9.59 Å². The van der Waals surface area contributed by atoms with Crippen LogP contribution in [-0.2, 0) is 11.3 Å². The number of aliphatic hydroxyl groups excluding tert-OH is 1. The molecule has 0 aliphatic carbocycles. The molecule has 0 saturated heterocycles. The average Bonchev–Trinajstić information content (AvgIpc) is 2.78. The molecule has 0 saturated carbocycles. The lowest BCUT2D eigenvalue weighted by Crippen LogP contribution is -2.46. The first-order valence-electron chi connectivity index (χ1n) is 4.99. The molecule has 1 heterocycles. The van der Waals surface area contributed by atoms with Gasteiger partial charge in [-0.05, 0) is 0 Å². The largest absolute Gasteiger partial charge is 0.480 e. The molecule has 1 unspecified atom stereocenters. The Balaban J connectivity index is 2.34. The third kappa shape index (κ3) is 4.51. The first kappa shape index (κ1) is 13.0. The van der Waals surface area contributed by atoms with Crippen molar-refractivity contribution in [2.45, 2.75) is 19.0 Å². The van der Waals surface area contributed by atoms with Crippen molar-refractivity contribution in [3.8, 4) is 0 Å². The van der Waals surface area contributed by atoms with Gasteiger partial charge in [0.1, 0.15) is 6.04 Å². The van der Waals surface area contributed by atoms with E-state index in [0.29, 0.717) is 0 Å². The van der Waals surface area contributed by atoms with Crippen LogP contribution in [0.4, 0.5) is 4.79 Å². The molecule has 0 aliphatic rings. The molecule has 0 bridgehead atoms. The molecule has 0 aliphatic heterocycles. The Labute approximate surface area is 97.0 Å². The van der Waals surface area contributed by atoms with E-state index in [9.17, 15) is 9.59 Å². The van der Waals surface area contributed by atoms with Gasteiger partial charge in [0.05, 0.1) is 6.20 Å². The molecule has 0 spiro atoms. The van der Waals surface area contributed by atoms with Gasteiger partial charge in [0, 0.05) is 31.3 Å². The van der Waals surface area contributed by atoms with Crippen molar-refractivity contribution >= 4 is 12.0 Å². The average molecular weight is 242 g/mol. The number of hydrogen-bond acceptors (Lipinski definition) is 4. The van der Waals surface area contributed by atoms with Crippen molar-refractivity contribution in [3.05, 3.63) is 18.0 Å². The molecule has 94 valence electrons. The van der Waals surface area contributed by atoms with Crippen LogP contribution < -0.4 is 10.6 Å². The minimum absolute atomic E-state index is 0.0333. The van der Waals surface area contributed by atoms with E-state index in [1.807, 2.05) is 0 Å². The van der Waals surface area contributed by atoms with E-state index >= 15 is 0 Å². The summed E-state index contributed by atoms with van der Waals surface area (Å²) >= 11 is 0. The van der Waals surface area contributed by atoms with Crippen LogP contribution in [-0.4, -0.2) is 45.1 Å². The molecule has 2 amide bonds. The number of amides is 2. The number of aromatic amines is 1. The Morgan fingerprint density at radius 2 is 2.29 bits per heavy atom. The van der Waals surface area contributed by atoms with Gasteiger partial charge in [0.2, 0.25) is 0 Å². The number of nitrogens with zero attached hydrogens (tertiary/aromatic N) is 1. The smallest absolute Gasteiger partial charge is 0.326 e. The second-order valence-corrected chi connectivity index (χ2v) is 3.34. The highest BCUT2D eigenvalue weighted by Gasteiger charge is 2.18. The number of urea groups is 1. The highest BCUT2D eigenvalue weighted by molar-refractivity contribution is 5.82. The third-order valence-corrected chi connectivity index (χ3v) is 2.03. The molecule has 1 atom stereocenters. The zero-order valence-corrected chi connectivity index (χ0v) is 9.01. The van der Waals surface area contributed by atoms with Crippen LogP contribution in [0, 0.1) is 0 Å². The Hall–Kier alpha value is -2.09. The van der Waals surface area contributed by atoms with E-state index in [0.717, 1.165) is 5.56 Å². The Kier molecular flexibility index (Phi) is 4.95. The fourth-order valence-corrected chi connectivity index (χ4v) is 1.15.